The molecule has 5 rings (SSSR count). The summed E-state index contributed by atoms with van der Waals surface area (Å²) >= 11 is 0. The average Bonchev–Trinajstić information content (AvgIpc) is 3.61. The Morgan fingerprint density at radius 2 is 1.82 bits per heavy atom. The van der Waals surface area contributed by atoms with E-state index in [0.717, 1.165) is 30.3 Å². The highest BCUT2D eigenvalue weighted by Gasteiger charge is 2.21. The van der Waals surface area contributed by atoms with Gasteiger partial charge in [-0.1, -0.05) is 13.3 Å². The van der Waals surface area contributed by atoms with Gasteiger partial charge in [0, 0.05) is 41.4 Å². The molecular formula is C27H33N7O4. The van der Waals surface area contributed by atoms with Crippen LogP contribution in [0.15, 0.2) is 55.4 Å². The Labute approximate surface area is 220 Å². The molecule has 1 aromatic carbocycles. The second kappa shape index (κ2) is 12.9. The molecule has 0 bridgehead atoms. The van der Waals surface area contributed by atoms with Crippen LogP contribution in [0.1, 0.15) is 49.8 Å². The first-order chi connectivity index (χ1) is 18.4. The van der Waals surface area contributed by atoms with Crippen LogP contribution in [0.3, 0.4) is 0 Å². The van der Waals surface area contributed by atoms with Gasteiger partial charge in [0.05, 0.1) is 5.69 Å². The highest BCUT2D eigenvalue weighted by Crippen LogP contribution is 2.27. The lowest BCUT2D eigenvalue weighted by Crippen LogP contribution is -2.36. The van der Waals surface area contributed by atoms with Crippen molar-refractivity contribution in [3.05, 3.63) is 66.6 Å². The lowest BCUT2D eigenvalue weighted by Gasteiger charge is -2.33. The third-order valence-electron chi connectivity index (χ3n) is 7.05. The average molecular weight is 520 g/mol. The number of carboxylic acid groups (broad SMARTS) is 2. The Hall–Kier alpha value is -4.12. The van der Waals surface area contributed by atoms with E-state index >= 15 is 0 Å². The van der Waals surface area contributed by atoms with Crippen LogP contribution in [0.4, 0.5) is 0 Å². The van der Waals surface area contributed by atoms with Gasteiger partial charge in [-0.25, -0.2) is 9.59 Å². The van der Waals surface area contributed by atoms with Gasteiger partial charge in [0.25, 0.3) is 0 Å². The molecule has 200 valence electrons. The predicted molar refractivity (Wildman–Crippen MR) is 141 cm³/mol. The summed E-state index contributed by atoms with van der Waals surface area (Å²) in [5.41, 5.74) is 4.81. The van der Waals surface area contributed by atoms with E-state index in [2.05, 4.69) is 67.7 Å². The minimum absolute atomic E-state index is 0.435. The van der Waals surface area contributed by atoms with E-state index in [1.807, 2.05) is 10.6 Å². The van der Waals surface area contributed by atoms with Crippen molar-refractivity contribution in [2.24, 2.45) is 5.92 Å². The van der Waals surface area contributed by atoms with Crippen LogP contribution in [0.5, 0.6) is 0 Å². The normalized spacial score (nSPS) is 15.1. The molecule has 0 amide bonds. The van der Waals surface area contributed by atoms with Gasteiger partial charge in [-0.2, -0.15) is 10.2 Å². The fourth-order valence-electron chi connectivity index (χ4n) is 4.96. The molecule has 0 aliphatic carbocycles. The lowest BCUT2D eigenvalue weighted by atomic mass is 9.90. The Morgan fingerprint density at radius 1 is 1.08 bits per heavy atom. The number of rotatable bonds is 8. The van der Waals surface area contributed by atoms with Crippen molar-refractivity contribution in [1.82, 2.24) is 34.8 Å². The summed E-state index contributed by atoms with van der Waals surface area (Å²) in [6.45, 7) is 5.73. The molecule has 0 radical (unpaired) electrons. The van der Waals surface area contributed by atoms with Gasteiger partial charge in [0.15, 0.2) is 0 Å². The number of benzene rings is 1. The van der Waals surface area contributed by atoms with Crippen LogP contribution in [0.25, 0.3) is 16.6 Å². The lowest BCUT2D eigenvalue weighted by molar-refractivity contribution is -0.159. The van der Waals surface area contributed by atoms with E-state index < -0.39 is 11.9 Å². The number of aromatic amines is 1. The summed E-state index contributed by atoms with van der Waals surface area (Å²) in [6, 6.07) is 10.6. The summed E-state index contributed by atoms with van der Waals surface area (Å²) < 4.78 is 1.95. The summed E-state index contributed by atoms with van der Waals surface area (Å²) in [5.74, 6) is -2.37. The molecule has 1 unspecified atom stereocenters. The SMILES string of the molecule is CC(CN1CCC(CCCc2c[nH]c3ccc(-n4cnnc4)cc23)CC1)c1cccnn1.O=C(O)C(=O)O. The fourth-order valence-corrected chi connectivity index (χ4v) is 4.96. The summed E-state index contributed by atoms with van der Waals surface area (Å²) in [6.07, 6.45) is 13.7. The number of aromatic nitrogens is 6. The molecule has 4 heterocycles. The highest BCUT2D eigenvalue weighted by atomic mass is 16.4. The number of nitrogens with one attached hydrogen (secondary N) is 1. The molecule has 11 nitrogen and oxygen atoms in total. The molecule has 1 aliphatic rings. The van der Waals surface area contributed by atoms with Gasteiger partial charge in [0.1, 0.15) is 12.7 Å². The maximum atomic E-state index is 9.10. The number of carboxylic acids is 2. The van der Waals surface area contributed by atoms with E-state index in [1.165, 1.54) is 55.2 Å². The fraction of sp³-hybridized carbons (Fsp3) is 0.407. The minimum atomic E-state index is -1.82. The molecule has 0 saturated carbocycles. The number of aryl methyl sites for hydroxylation is 1. The first-order valence-electron chi connectivity index (χ1n) is 12.8. The maximum Gasteiger partial charge on any atom is 0.414 e. The Bertz CT molecular complexity index is 1300. The smallest absolute Gasteiger partial charge is 0.414 e. The molecule has 4 aromatic rings. The molecule has 1 fully saturated rings. The third kappa shape index (κ3) is 7.22. The van der Waals surface area contributed by atoms with Gasteiger partial charge in [-0.05, 0) is 80.6 Å². The van der Waals surface area contributed by atoms with Crippen molar-refractivity contribution in [2.75, 3.05) is 19.6 Å². The number of likely N-dealkylation sites (tertiary alicyclic amines) is 1. The van der Waals surface area contributed by atoms with Crippen LogP contribution in [-0.2, 0) is 16.0 Å². The molecule has 38 heavy (non-hydrogen) atoms. The number of fused-ring (bicyclic) bond motifs is 1. The largest absolute Gasteiger partial charge is 0.473 e. The molecule has 3 N–H and O–H groups in total. The van der Waals surface area contributed by atoms with Crippen molar-refractivity contribution in [3.8, 4) is 5.69 Å². The number of piperidine rings is 1. The molecule has 11 heteroatoms. The van der Waals surface area contributed by atoms with E-state index in [4.69, 9.17) is 19.8 Å². The highest BCUT2D eigenvalue weighted by molar-refractivity contribution is 6.27. The predicted octanol–water partition coefficient (Wildman–Crippen LogP) is 3.53. The number of nitrogens with zero attached hydrogens (tertiary/aromatic N) is 6. The van der Waals surface area contributed by atoms with E-state index in [-0.39, 0.29) is 0 Å². The summed E-state index contributed by atoms with van der Waals surface area (Å²) in [5, 5.41) is 32.2. The van der Waals surface area contributed by atoms with Gasteiger partial charge in [-0.15, -0.1) is 10.2 Å². The Morgan fingerprint density at radius 3 is 2.47 bits per heavy atom. The standard InChI is InChI=1S/C25H31N7.C2H2O4/c1-19(24-6-3-11-27-30-24)16-31-12-9-20(10-13-31)4-2-5-21-15-26-25-8-7-22(14-23(21)25)32-17-28-29-18-32;3-1(4)2(5)6/h3,6-8,11,14-15,17-20,26H,2,4-5,9-10,12-13,16H2,1H3;(H,3,4)(H,5,6). The van der Waals surface area contributed by atoms with Crippen LogP contribution >= 0.6 is 0 Å². The van der Waals surface area contributed by atoms with E-state index in [9.17, 15) is 0 Å². The monoisotopic (exact) mass is 519 g/mol. The number of hydrogen-bond acceptors (Lipinski definition) is 7. The first-order valence-corrected chi connectivity index (χ1v) is 12.8. The minimum Gasteiger partial charge on any atom is -0.473 e. The van der Waals surface area contributed by atoms with Gasteiger partial charge < -0.3 is 20.1 Å². The molecular weight excluding hydrogens is 486 g/mol. The Balaban J connectivity index is 0.000000505. The zero-order chi connectivity index (χ0) is 26.9. The zero-order valence-electron chi connectivity index (χ0n) is 21.4. The topological polar surface area (TPSA) is 150 Å². The number of hydrogen-bond donors (Lipinski definition) is 3. The van der Waals surface area contributed by atoms with Crippen molar-refractivity contribution in [3.63, 3.8) is 0 Å². The zero-order valence-corrected chi connectivity index (χ0v) is 21.4. The second-order valence-corrected chi connectivity index (χ2v) is 9.71. The van der Waals surface area contributed by atoms with Crippen LogP contribution in [-0.4, -0.2) is 76.6 Å². The van der Waals surface area contributed by atoms with Gasteiger partial charge >= 0.3 is 11.9 Å². The number of aliphatic carboxylic acids is 2. The van der Waals surface area contributed by atoms with Crippen LogP contribution in [0.2, 0.25) is 0 Å². The van der Waals surface area contributed by atoms with Crippen molar-refractivity contribution < 1.29 is 19.8 Å². The number of H-pyrrole nitrogens is 1. The molecule has 1 atom stereocenters. The molecule has 3 aromatic heterocycles. The Kier molecular flexibility index (Phi) is 9.15. The maximum absolute atomic E-state index is 9.10. The number of carbonyl (C=O) groups is 2. The van der Waals surface area contributed by atoms with E-state index in [1.54, 1.807) is 18.9 Å². The van der Waals surface area contributed by atoms with Crippen molar-refractivity contribution in [2.45, 2.75) is 44.9 Å². The third-order valence-corrected chi connectivity index (χ3v) is 7.05. The van der Waals surface area contributed by atoms with Crippen molar-refractivity contribution >= 4 is 22.8 Å². The quantitative estimate of drug-likeness (QED) is 0.297. The summed E-state index contributed by atoms with van der Waals surface area (Å²) in [4.78, 5) is 24.2. The van der Waals surface area contributed by atoms with E-state index in [0.29, 0.717) is 5.92 Å². The molecule has 1 saturated heterocycles. The first kappa shape index (κ1) is 26.9. The van der Waals surface area contributed by atoms with Crippen LogP contribution in [0, 0.1) is 5.92 Å². The second-order valence-electron chi connectivity index (χ2n) is 9.71. The van der Waals surface area contributed by atoms with Crippen LogP contribution < -0.4 is 0 Å². The summed E-state index contributed by atoms with van der Waals surface area (Å²) in [7, 11) is 0. The van der Waals surface area contributed by atoms with Gasteiger partial charge in [0.2, 0.25) is 0 Å². The van der Waals surface area contributed by atoms with Gasteiger partial charge in [-0.3, -0.25) is 4.57 Å². The molecule has 1 aliphatic heterocycles. The molecule has 0 spiro atoms. The van der Waals surface area contributed by atoms with Crippen molar-refractivity contribution in [1.29, 1.82) is 0 Å².